The number of fused-ring (bicyclic) bond motifs is 3. The highest BCUT2D eigenvalue weighted by Gasteiger charge is 2.35. The highest BCUT2D eigenvalue weighted by atomic mass is 16.5. The number of benzene rings is 2. The molecule has 2 aliphatic rings. The zero-order valence-corrected chi connectivity index (χ0v) is 19.7. The normalized spacial score (nSPS) is 19.4. The maximum Gasteiger partial charge on any atom is 0.407 e. The van der Waals surface area contributed by atoms with Crippen LogP contribution in [0.1, 0.15) is 56.6 Å². The second-order valence-electron chi connectivity index (χ2n) is 9.38. The monoisotopic (exact) mass is 464 g/mol. The number of hydrogen-bond acceptors (Lipinski definition) is 4. The van der Waals surface area contributed by atoms with Crippen LogP contribution in [0.25, 0.3) is 11.1 Å². The van der Waals surface area contributed by atoms with E-state index in [1.165, 1.54) is 27.2 Å². The number of carbonyl (C=O) groups is 3. The maximum atomic E-state index is 12.6. The van der Waals surface area contributed by atoms with Gasteiger partial charge in [0.1, 0.15) is 13.2 Å². The lowest BCUT2D eigenvalue weighted by atomic mass is 9.78. The van der Waals surface area contributed by atoms with Crippen LogP contribution in [0.15, 0.2) is 48.5 Å². The largest absolute Gasteiger partial charge is 0.480 e. The first-order chi connectivity index (χ1) is 16.4. The van der Waals surface area contributed by atoms with E-state index >= 15 is 0 Å². The van der Waals surface area contributed by atoms with E-state index in [9.17, 15) is 14.4 Å². The second-order valence-corrected chi connectivity index (χ2v) is 9.38. The van der Waals surface area contributed by atoms with Crippen molar-refractivity contribution in [3.63, 3.8) is 0 Å². The topological polar surface area (TPSA) is 95.9 Å². The molecule has 2 aromatic carbocycles. The Kier molecular flexibility index (Phi) is 7.20. The van der Waals surface area contributed by atoms with Gasteiger partial charge in [-0.1, -0.05) is 55.5 Å². The Bertz CT molecular complexity index is 1020. The molecule has 0 spiro atoms. The van der Waals surface area contributed by atoms with Gasteiger partial charge in [0, 0.05) is 24.4 Å². The van der Waals surface area contributed by atoms with Crippen molar-refractivity contribution in [3.8, 4) is 11.1 Å². The number of carbonyl (C=O) groups excluding carboxylic acids is 2. The molecule has 0 saturated heterocycles. The molecule has 2 amide bonds. The summed E-state index contributed by atoms with van der Waals surface area (Å²) in [5.41, 5.74) is 4.72. The van der Waals surface area contributed by atoms with Crippen LogP contribution >= 0.6 is 0 Å². The summed E-state index contributed by atoms with van der Waals surface area (Å²) in [7, 11) is 0. The van der Waals surface area contributed by atoms with Gasteiger partial charge in [0.25, 0.3) is 0 Å². The van der Waals surface area contributed by atoms with Gasteiger partial charge in [-0.2, -0.15) is 0 Å². The van der Waals surface area contributed by atoms with E-state index < -0.39 is 12.1 Å². The van der Waals surface area contributed by atoms with Crippen LogP contribution in [0.5, 0.6) is 0 Å². The lowest BCUT2D eigenvalue weighted by Gasteiger charge is -2.37. The van der Waals surface area contributed by atoms with Crippen molar-refractivity contribution < 1.29 is 24.2 Å². The zero-order chi connectivity index (χ0) is 24.2. The second kappa shape index (κ2) is 10.3. The van der Waals surface area contributed by atoms with Gasteiger partial charge >= 0.3 is 12.1 Å². The molecule has 180 valence electrons. The molecular weight excluding hydrogens is 432 g/mol. The molecule has 1 saturated carbocycles. The summed E-state index contributed by atoms with van der Waals surface area (Å²) >= 11 is 0. The van der Waals surface area contributed by atoms with Gasteiger partial charge in [0.05, 0.1) is 0 Å². The Hall–Kier alpha value is -3.35. The van der Waals surface area contributed by atoms with Crippen molar-refractivity contribution in [1.82, 2.24) is 10.2 Å². The van der Waals surface area contributed by atoms with Crippen LogP contribution in [0.2, 0.25) is 0 Å². The van der Waals surface area contributed by atoms with Crippen molar-refractivity contribution in [2.45, 2.75) is 57.5 Å². The van der Waals surface area contributed by atoms with Crippen LogP contribution in [-0.2, 0) is 14.3 Å². The minimum absolute atomic E-state index is 0.0192. The number of nitrogens with zero attached hydrogens (tertiary/aromatic N) is 1. The summed E-state index contributed by atoms with van der Waals surface area (Å²) in [5.74, 6) is -0.976. The summed E-state index contributed by atoms with van der Waals surface area (Å²) in [6, 6.07) is 16.3. The van der Waals surface area contributed by atoms with Crippen LogP contribution in [0.3, 0.4) is 0 Å². The fourth-order valence-electron chi connectivity index (χ4n) is 5.05. The summed E-state index contributed by atoms with van der Waals surface area (Å²) in [6.07, 6.45) is 1.95. The minimum atomic E-state index is -1.00. The van der Waals surface area contributed by atoms with Gasteiger partial charge in [-0.3, -0.25) is 9.59 Å². The SMILES string of the molecule is CCC(C)N(CC(=O)O)C(=O)CC1CC(NC(=O)OCC2c3ccccc3-c3ccccc32)C1. The zero-order valence-electron chi connectivity index (χ0n) is 19.7. The number of nitrogens with one attached hydrogen (secondary N) is 1. The van der Waals surface area contributed by atoms with Crippen molar-refractivity contribution in [1.29, 1.82) is 0 Å². The smallest absolute Gasteiger partial charge is 0.407 e. The molecule has 4 rings (SSSR count). The Morgan fingerprint density at radius 2 is 1.65 bits per heavy atom. The lowest BCUT2D eigenvalue weighted by Crippen LogP contribution is -2.48. The molecular formula is C27H32N2O5. The lowest BCUT2D eigenvalue weighted by molar-refractivity contribution is -0.146. The highest BCUT2D eigenvalue weighted by Crippen LogP contribution is 2.44. The first-order valence-corrected chi connectivity index (χ1v) is 12.0. The molecule has 0 aromatic heterocycles. The van der Waals surface area contributed by atoms with Gasteiger partial charge in [-0.25, -0.2) is 4.79 Å². The average Bonchev–Trinajstić information content (AvgIpc) is 3.12. The summed E-state index contributed by atoms with van der Waals surface area (Å²) < 4.78 is 5.60. The number of carboxylic acid groups (broad SMARTS) is 1. The van der Waals surface area contributed by atoms with Gasteiger partial charge in [0.2, 0.25) is 5.91 Å². The van der Waals surface area contributed by atoms with E-state index in [4.69, 9.17) is 9.84 Å². The predicted molar refractivity (Wildman–Crippen MR) is 128 cm³/mol. The van der Waals surface area contributed by atoms with Crippen LogP contribution in [0.4, 0.5) is 4.79 Å². The molecule has 7 heteroatoms. The van der Waals surface area contributed by atoms with Crippen molar-refractivity contribution in [2.24, 2.45) is 5.92 Å². The van der Waals surface area contributed by atoms with Gasteiger partial charge < -0.3 is 20.1 Å². The van der Waals surface area contributed by atoms with E-state index in [1.807, 2.05) is 38.1 Å². The number of hydrogen-bond donors (Lipinski definition) is 2. The third-order valence-corrected chi connectivity index (χ3v) is 7.11. The number of alkyl carbamates (subject to hydrolysis) is 1. The van der Waals surface area contributed by atoms with Crippen LogP contribution < -0.4 is 5.32 Å². The number of carboxylic acids is 1. The van der Waals surface area contributed by atoms with Gasteiger partial charge in [0.15, 0.2) is 0 Å². The summed E-state index contributed by atoms with van der Waals surface area (Å²) in [6.45, 7) is 3.79. The molecule has 7 nitrogen and oxygen atoms in total. The number of amides is 2. The Labute approximate surface area is 200 Å². The summed E-state index contributed by atoms with van der Waals surface area (Å²) in [5, 5.41) is 12.0. The standard InChI is InChI=1S/C27H32N2O5/c1-3-17(2)29(15-26(31)32)25(30)14-18-12-19(13-18)28-27(33)34-16-24-22-10-6-4-8-20(22)21-9-5-7-11-23(21)24/h4-11,17-19,24H,3,12-16H2,1-2H3,(H,28,33)(H,31,32). The highest BCUT2D eigenvalue weighted by molar-refractivity contribution is 5.82. The average molecular weight is 465 g/mol. The van der Waals surface area contributed by atoms with Crippen molar-refractivity contribution in [2.75, 3.05) is 13.2 Å². The van der Waals surface area contributed by atoms with Gasteiger partial charge in [-0.15, -0.1) is 0 Å². The molecule has 0 radical (unpaired) electrons. The van der Waals surface area contributed by atoms with Crippen molar-refractivity contribution >= 4 is 18.0 Å². The molecule has 1 unspecified atom stereocenters. The summed E-state index contributed by atoms with van der Waals surface area (Å²) in [4.78, 5) is 37.6. The molecule has 0 heterocycles. The molecule has 2 aliphatic carbocycles. The van der Waals surface area contributed by atoms with Crippen LogP contribution in [0, 0.1) is 5.92 Å². The third kappa shape index (κ3) is 5.08. The Morgan fingerprint density at radius 1 is 1.06 bits per heavy atom. The fraction of sp³-hybridized carbons (Fsp3) is 0.444. The van der Waals surface area contributed by atoms with E-state index in [1.54, 1.807) is 0 Å². The molecule has 0 bridgehead atoms. The predicted octanol–water partition coefficient (Wildman–Crippen LogP) is 4.41. The van der Waals surface area contributed by atoms with Crippen LogP contribution in [-0.4, -0.2) is 53.2 Å². The third-order valence-electron chi connectivity index (χ3n) is 7.11. The Balaban J connectivity index is 1.24. The molecule has 34 heavy (non-hydrogen) atoms. The van der Waals surface area contributed by atoms with Gasteiger partial charge in [-0.05, 0) is 54.4 Å². The van der Waals surface area contributed by atoms with E-state index in [-0.39, 0.29) is 43.0 Å². The van der Waals surface area contributed by atoms with E-state index in [0.29, 0.717) is 25.7 Å². The number of aliphatic carboxylic acids is 1. The maximum absolute atomic E-state index is 12.6. The van der Waals surface area contributed by atoms with Crippen molar-refractivity contribution in [3.05, 3.63) is 59.7 Å². The molecule has 2 N–H and O–H groups in total. The number of rotatable bonds is 9. The number of ether oxygens (including phenoxy) is 1. The first-order valence-electron chi connectivity index (χ1n) is 12.0. The molecule has 0 aliphatic heterocycles. The molecule has 1 atom stereocenters. The first kappa shape index (κ1) is 23.8. The minimum Gasteiger partial charge on any atom is -0.480 e. The van der Waals surface area contributed by atoms with E-state index in [0.717, 1.165) is 0 Å². The quantitative estimate of drug-likeness (QED) is 0.573. The fourth-order valence-corrected chi connectivity index (χ4v) is 5.05. The molecule has 2 aromatic rings. The Morgan fingerprint density at radius 3 is 2.21 bits per heavy atom. The van der Waals surface area contributed by atoms with E-state index in [2.05, 4.69) is 29.6 Å². The molecule has 1 fully saturated rings.